The number of hydrogen-bond acceptors (Lipinski definition) is 2. The Balaban J connectivity index is 1.04. The third kappa shape index (κ3) is 4.43. The molecule has 0 bridgehead atoms. The fourth-order valence-electron chi connectivity index (χ4n) is 9.91. The second kappa shape index (κ2) is 11.9. The summed E-state index contributed by atoms with van der Waals surface area (Å²) in [6.07, 6.45) is 0. The molecule has 0 aliphatic heterocycles. The molecule has 0 saturated carbocycles. The fraction of sp³-hybridized carbons (Fsp3) is 0. The summed E-state index contributed by atoms with van der Waals surface area (Å²) < 4.78 is 12.8. The van der Waals surface area contributed by atoms with Gasteiger partial charge in [0.2, 0.25) is 0 Å². The van der Waals surface area contributed by atoms with E-state index in [1.54, 1.807) is 0 Å². The number of benzene rings is 11. The normalized spacial score (nSPS) is 12.1. The Hall–Kier alpha value is -7.68. The van der Waals surface area contributed by atoms with Crippen LogP contribution in [0, 0.1) is 0 Å². The van der Waals surface area contributed by atoms with Crippen LogP contribution in [0.15, 0.2) is 203 Å². The second-order valence-electron chi connectivity index (χ2n) is 15.5. The SMILES string of the molecule is c1ccc2c(-c3c4ccccc4c(-c4ccc(-c5ccc6oc7cc8ccc9oc%10ccccc%10c9c8cc7c6c5)c5ccccc45)c4ccccc34)cccc2c1. The van der Waals surface area contributed by atoms with Gasteiger partial charge >= 0.3 is 0 Å². The lowest BCUT2D eigenvalue weighted by atomic mass is 9.83. The first-order valence-corrected chi connectivity index (χ1v) is 19.9. The van der Waals surface area contributed by atoms with E-state index in [2.05, 4.69) is 182 Å². The molecular weight excluding hydrogens is 705 g/mol. The molecule has 2 heteroatoms. The maximum Gasteiger partial charge on any atom is 0.136 e. The summed E-state index contributed by atoms with van der Waals surface area (Å²) in [5.41, 5.74) is 11.0. The Bertz CT molecular complexity index is 3800. The summed E-state index contributed by atoms with van der Waals surface area (Å²) in [7, 11) is 0. The molecule has 0 fully saturated rings. The van der Waals surface area contributed by atoms with Crippen LogP contribution in [0.5, 0.6) is 0 Å². The van der Waals surface area contributed by atoms with Crippen molar-refractivity contribution in [1.82, 2.24) is 0 Å². The van der Waals surface area contributed by atoms with Crippen molar-refractivity contribution in [3.05, 3.63) is 194 Å². The third-order valence-corrected chi connectivity index (χ3v) is 12.4. The highest BCUT2D eigenvalue weighted by Gasteiger charge is 2.21. The summed E-state index contributed by atoms with van der Waals surface area (Å²) in [5.74, 6) is 0. The largest absolute Gasteiger partial charge is 0.456 e. The van der Waals surface area contributed by atoms with Crippen LogP contribution < -0.4 is 0 Å². The van der Waals surface area contributed by atoms with E-state index in [-0.39, 0.29) is 0 Å². The molecule has 2 nitrogen and oxygen atoms in total. The average molecular weight is 737 g/mol. The van der Waals surface area contributed by atoms with Gasteiger partial charge in [0.15, 0.2) is 0 Å². The zero-order valence-corrected chi connectivity index (χ0v) is 31.3. The van der Waals surface area contributed by atoms with Gasteiger partial charge in [-0.1, -0.05) is 158 Å². The summed E-state index contributed by atoms with van der Waals surface area (Å²) in [6.45, 7) is 0. The number of para-hydroxylation sites is 1. The Kier molecular flexibility index (Phi) is 6.47. The van der Waals surface area contributed by atoms with Crippen molar-refractivity contribution in [1.29, 1.82) is 0 Å². The Morgan fingerprint density at radius 3 is 1.50 bits per heavy atom. The van der Waals surface area contributed by atoms with E-state index in [1.165, 1.54) is 76.3 Å². The number of hydrogen-bond donors (Lipinski definition) is 0. The molecule has 0 unspecified atom stereocenters. The minimum Gasteiger partial charge on any atom is -0.456 e. The smallest absolute Gasteiger partial charge is 0.136 e. The first kappa shape index (κ1) is 31.5. The lowest BCUT2D eigenvalue weighted by Gasteiger charge is -2.20. The molecule has 268 valence electrons. The van der Waals surface area contributed by atoms with E-state index in [1.807, 2.05) is 12.1 Å². The van der Waals surface area contributed by atoms with E-state index < -0.39 is 0 Å². The number of furan rings is 2. The predicted octanol–water partition coefficient (Wildman–Crippen LogP) is 16.3. The van der Waals surface area contributed by atoms with Crippen LogP contribution in [0.1, 0.15) is 0 Å². The first-order valence-electron chi connectivity index (χ1n) is 19.9. The topological polar surface area (TPSA) is 26.3 Å². The van der Waals surface area contributed by atoms with Crippen molar-refractivity contribution in [3.8, 4) is 33.4 Å². The lowest BCUT2D eigenvalue weighted by molar-refractivity contribution is 0.668. The quantitative estimate of drug-likeness (QED) is 0.169. The van der Waals surface area contributed by atoms with Crippen molar-refractivity contribution in [2.24, 2.45) is 0 Å². The number of fused-ring (bicyclic) bond motifs is 12. The van der Waals surface area contributed by atoms with Gasteiger partial charge in [0, 0.05) is 21.5 Å². The van der Waals surface area contributed by atoms with Crippen molar-refractivity contribution < 1.29 is 8.83 Å². The van der Waals surface area contributed by atoms with Crippen molar-refractivity contribution in [2.75, 3.05) is 0 Å². The van der Waals surface area contributed by atoms with Crippen molar-refractivity contribution in [2.45, 2.75) is 0 Å². The Labute approximate surface area is 332 Å². The third-order valence-electron chi connectivity index (χ3n) is 12.4. The molecule has 0 radical (unpaired) electrons. The van der Waals surface area contributed by atoms with Gasteiger partial charge in [-0.3, -0.25) is 0 Å². The van der Waals surface area contributed by atoms with E-state index in [0.717, 1.165) is 54.8 Å². The van der Waals surface area contributed by atoms with Gasteiger partial charge in [-0.05, 0) is 124 Å². The fourth-order valence-corrected chi connectivity index (χ4v) is 9.91. The van der Waals surface area contributed by atoms with Crippen LogP contribution in [0.4, 0.5) is 0 Å². The first-order chi connectivity index (χ1) is 28.8. The van der Waals surface area contributed by atoms with Gasteiger partial charge in [-0.15, -0.1) is 0 Å². The molecule has 0 aliphatic carbocycles. The van der Waals surface area contributed by atoms with Gasteiger partial charge < -0.3 is 8.83 Å². The Morgan fingerprint density at radius 1 is 0.241 bits per heavy atom. The average Bonchev–Trinajstić information content (AvgIpc) is 3.85. The van der Waals surface area contributed by atoms with Gasteiger partial charge in [-0.2, -0.15) is 0 Å². The van der Waals surface area contributed by atoms with Crippen molar-refractivity contribution in [3.63, 3.8) is 0 Å². The molecule has 0 atom stereocenters. The monoisotopic (exact) mass is 736 g/mol. The van der Waals surface area contributed by atoms with Gasteiger partial charge in [0.25, 0.3) is 0 Å². The highest BCUT2D eigenvalue weighted by atomic mass is 16.3. The standard InChI is InChI=1S/C56H32O2/c1-2-14-36-33(12-1)13-11-22-40(36)54-41-17-5-7-19-43(41)55(44-20-8-6-18-42(44)54)45-27-26-37(38-15-3-4-16-39(38)45)34-24-28-51-48(30-34)49-32-47-35(31-53(49)58-51)25-29-52-56(47)46-21-9-10-23-50(46)57-52/h1-32H. The summed E-state index contributed by atoms with van der Waals surface area (Å²) in [5, 5.41) is 16.8. The van der Waals surface area contributed by atoms with Gasteiger partial charge in [0.05, 0.1) is 0 Å². The van der Waals surface area contributed by atoms with Crippen molar-refractivity contribution >= 4 is 97.7 Å². The van der Waals surface area contributed by atoms with Crippen LogP contribution >= 0.6 is 0 Å². The van der Waals surface area contributed by atoms with Gasteiger partial charge in [0.1, 0.15) is 22.3 Å². The molecule has 2 aromatic heterocycles. The van der Waals surface area contributed by atoms with E-state index in [9.17, 15) is 0 Å². The molecule has 0 N–H and O–H groups in total. The van der Waals surface area contributed by atoms with Crippen LogP contribution in [0.3, 0.4) is 0 Å². The molecule has 0 saturated heterocycles. The van der Waals surface area contributed by atoms with E-state index in [0.29, 0.717) is 0 Å². The molecule has 11 aromatic carbocycles. The highest BCUT2D eigenvalue weighted by Crippen LogP contribution is 2.48. The summed E-state index contributed by atoms with van der Waals surface area (Å²) in [6, 6.07) is 70.5. The van der Waals surface area contributed by atoms with E-state index in [4.69, 9.17) is 8.83 Å². The molecule has 58 heavy (non-hydrogen) atoms. The van der Waals surface area contributed by atoms with Crippen LogP contribution in [-0.2, 0) is 0 Å². The molecule has 0 aliphatic rings. The molecule has 0 spiro atoms. The minimum atomic E-state index is 0.882. The van der Waals surface area contributed by atoms with Crippen LogP contribution in [0.2, 0.25) is 0 Å². The molecule has 13 rings (SSSR count). The number of rotatable bonds is 3. The predicted molar refractivity (Wildman–Crippen MR) is 245 cm³/mol. The summed E-state index contributed by atoms with van der Waals surface area (Å²) in [4.78, 5) is 0. The maximum atomic E-state index is 6.52. The van der Waals surface area contributed by atoms with Gasteiger partial charge in [-0.25, -0.2) is 0 Å². The molecule has 0 amide bonds. The zero-order valence-electron chi connectivity index (χ0n) is 31.3. The maximum absolute atomic E-state index is 6.52. The zero-order chi connectivity index (χ0) is 37.9. The lowest BCUT2D eigenvalue weighted by Crippen LogP contribution is -1.93. The summed E-state index contributed by atoms with van der Waals surface area (Å²) >= 11 is 0. The Morgan fingerprint density at radius 2 is 0.759 bits per heavy atom. The second-order valence-corrected chi connectivity index (χ2v) is 15.5. The molecule has 13 aromatic rings. The molecular formula is C56H32O2. The van der Waals surface area contributed by atoms with Crippen LogP contribution in [0.25, 0.3) is 131 Å². The van der Waals surface area contributed by atoms with Crippen LogP contribution in [-0.4, -0.2) is 0 Å². The van der Waals surface area contributed by atoms with E-state index >= 15 is 0 Å². The molecule has 2 heterocycles. The minimum absolute atomic E-state index is 0.882. The highest BCUT2D eigenvalue weighted by molar-refractivity contribution is 6.26.